The SMILES string of the molecule is CCNC(=O)CN(CC)CC(=O)N1CCC(c2ccccc2)=N1. The van der Waals surface area contributed by atoms with E-state index in [-0.39, 0.29) is 24.9 Å². The second-order valence-corrected chi connectivity index (χ2v) is 5.44. The van der Waals surface area contributed by atoms with Crippen LogP contribution in [0.5, 0.6) is 0 Å². The van der Waals surface area contributed by atoms with Crippen molar-refractivity contribution in [2.75, 3.05) is 32.7 Å². The van der Waals surface area contributed by atoms with E-state index in [1.54, 1.807) is 0 Å². The quantitative estimate of drug-likeness (QED) is 0.819. The van der Waals surface area contributed by atoms with Crippen molar-refractivity contribution in [3.63, 3.8) is 0 Å². The molecule has 1 aliphatic heterocycles. The van der Waals surface area contributed by atoms with Crippen molar-refractivity contribution in [1.29, 1.82) is 0 Å². The molecule has 0 saturated heterocycles. The third-order valence-corrected chi connectivity index (χ3v) is 3.74. The standard InChI is InChI=1S/C17H24N4O2/c1-3-18-16(22)12-20(4-2)13-17(23)21-11-10-15(19-21)14-8-6-5-7-9-14/h5-9H,3-4,10-13H2,1-2H3,(H,18,22). The molecule has 0 atom stereocenters. The van der Waals surface area contributed by atoms with Crippen LogP contribution in [-0.4, -0.2) is 60.2 Å². The lowest BCUT2D eigenvalue weighted by atomic mass is 10.1. The number of benzene rings is 1. The Bertz CT molecular complexity index is 571. The van der Waals surface area contributed by atoms with E-state index in [0.29, 0.717) is 19.6 Å². The lowest BCUT2D eigenvalue weighted by Crippen LogP contribution is -2.42. The van der Waals surface area contributed by atoms with Crippen LogP contribution in [0.1, 0.15) is 25.8 Å². The molecule has 0 aromatic heterocycles. The first-order valence-corrected chi connectivity index (χ1v) is 8.06. The number of carbonyl (C=O) groups excluding carboxylic acids is 2. The Morgan fingerprint density at radius 1 is 1.22 bits per heavy atom. The molecule has 2 amide bonds. The van der Waals surface area contributed by atoms with E-state index in [2.05, 4.69) is 10.4 Å². The molecular weight excluding hydrogens is 292 g/mol. The van der Waals surface area contributed by atoms with Crippen LogP contribution in [0, 0.1) is 0 Å². The molecule has 0 bridgehead atoms. The first kappa shape index (κ1) is 17.1. The molecule has 1 heterocycles. The van der Waals surface area contributed by atoms with Crippen molar-refractivity contribution < 1.29 is 9.59 Å². The van der Waals surface area contributed by atoms with Gasteiger partial charge < -0.3 is 5.32 Å². The number of nitrogens with one attached hydrogen (secondary N) is 1. The first-order valence-electron chi connectivity index (χ1n) is 8.06. The number of nitrogens with zero attached hydrogens (tertiary/aromatic N) is 3. The summed E-state index contributed by atoms with van der Waals surface area (Å²) in [4.78, 5) is 25.8. The molecule has 1 aromatic rings. The van der Waals surface area contributed by atoms with Crippen molar-refractivity contribution in [3.05, 3.63) is 35.9 Å². The second-order valence-electron chi connectivity index (χ2n) is 5.44. The van der Waals surface area contributed by atoms with E-state index >= 15 is 0 Å². The molecule has 1 aliphatic rings. The van der Waals surface area contributed by atoms with Crippen LogP contribution >= 0.6 is 0 Å². The van der Waals surface area contributed by atoms with E-state index in [9.17, 15) is 9.59 Å². The highest BCUT2D eigenvalue weighted by atomic mass is 16.2. The van der Waals surface area contributed by atoms with Gasteiger partial charge >= 0.3 is 0 Å². The summed E-state index contributed by atoms with van der Waals surface area (Å²) in [5.41, 5.74) is 1.99. The number of likely N-dealkylation sites (N-methyl/N-ethyl adjacent to an activating group) is 2. The first-order chi connectivity index (χ1) is 11.1. The van der Waals surface area contributed by atoms with Crippen molar-refractivity contribution in [2.24, 2.45) is 5.10 Å². The fraction of sp³-hybridized carbons (Fsp3) is 0.471. The van der Waals surface area contributed by atoms with Gasteiger partial charge in [0.05, 0.1) is 25.3 Å². The van der Waals surface area contributed by atoms with Crippen molar-refractivity contribution in [1.82, 2.24) is 15.2 Å². The average molecular weight is 316 g/mol. The van der Waals surface area contributed by atoms with E-state index in [1.165, 1.54) is 5.01 Å². The number of carbonyl (C=O) groups is 2. The van der Waals surface area contributed by atoms with Gasteiger partial charge in [0, 0.05) is 13.0 Å². The van der Waals surface area contributed by atoms with Gasteiger partial charge in [-0.2, -0.15) is 5.10 Å². The van der Waals surface area contributed by atoms with E-state index in [4.69, 9.17) is 0 Å². The fourth-order valence-corrected chi connectivity index (χ4v) is 2.48. The number of amides is 2. The summed E-state index contributed by atoms with van der Waals surface area (Å²) in [5, 5.41) is 8.70. The van der Waals surface area contributed by atoms with Gasteiger partial charge in [-0.25, -0.2) is 5.01 Å². The Hall–Kier alpha value is -2.21. The molecule has 1 N–H and O–H groups in total. The van der Waals surface area contributed by atoms with Crippen LogP contribution in [0.25, 0.3) is 0 Å². The summed E-state index contributed by atoms with van der Waals surface area (Å²) in [5.74, 6) is -0.126. The maximum Gasteiger partial charge on any atom is 0.256 e. The Morgan fingerprint density at radius 2 is 1.96 bits per heavy atom. The molecule has 0 aliphatic carbocycles. The fourth-order valence-electron chi connectivity index (χ4n) is 2.48. The zero-order valence-electron chi connectivity index (χ0n) is 13.8. The van der Waals surface area contributed by atoms with Gasteiger partial charge in [-0.05, 0) is 19.0 Å². The normalized spacial score (nSPS) is 14.0. The smallest absolute Gasteiger partial charge is 0.256 e. The largest absolute Gasteiger partial charge is 0.355 e. The zero-order chi connectivity index (χ0) is 16.7. The molecule has 0 unspecified atom stereocenters. The van der Waals surface area contributed by atoms with Crippen LogP contribution in [0.3, 0.4) is 0 Å². The van der Waals surface area contributed by atoms with Gasteiger partial charge in [0.1, 0.15) is 0 Å². The van der Waals surface area contributed by atoms with Gasteiger partial charge in [-0.1, -0.05) is 37.3 Å². The third kappa shape index (κ3) is 4.89. The monoisotopic (exact) mass is 316 g/mol. The van der Waals surface area contributed by atoms with Gasteiger partial charge in [0.2, 0.25) is 5.91 Å². The van der Waals surface area contributed by atoms with Crippen LogP contribution < -0.4 is 5.32 Å². The summed E-state index contributed by atoms with van der Waals surface area (Å²) in [6.45, 7) is 6.10. The molecule has 1 aromatic carbocycles. The molecule has 6 nitrogen and oxygen atoms in total. The molecule has 6 heteroatoms. The number of rotatable bonds is 7. The molecule has 0 saturated carbocycles. The molecule has 0 radical (unpaired) electrons. The van der Waals surface area contributed by atoms with E-state index < -0.39 is 0 Å². The molecule has 124 valence electrons. The molecule has 0 spiro atoms. The van der Waals surface area contributed by atoms with Crippen LogP contribution in [0.2, 0.25) is 0 Å². The minimum absolute atomic E-state index is 0.0583. The maximum atomic E-state index is 12.4. The Morgan fingerprint density at radius 3 is 2.61 bits per heavy atom. The zero-order valence-corrected chi connectivity index (χ0v) is 13.8. The third-order valence-electron chi connectivity index (χ3n) is 3.74. The highest BCUT2D eigenvalue weighted by Crippen LogP contribution is 2.13. The number of hydrogen-bond acceptors (Lipinski definition) is 4. The van der Waals surface area contributed by atoms with E-state index in [1.807, 2.05) is 49.1 Å². The van der Waals surface area contributed by atoms with Gasteiger partial charge in [0.25, 0.3) is 5.91 Å². The molecule has 23 heavy (non-hydrogen) atoms. The summed E-state index contributed by atoms with van der Waals surface area (Å²) in [6, 6.07) is 9.89. The van der Waals surface area contributed by atoms with Crippen LogP contribution in [-0.2, 0) is 9.59 Å². The lowest BCUT2D eigenvalue weighted by Gasteiger charge is -2.21. The van der Waals surface area contributed by atoms with Crippen LogP contribution in [0.15, 0.2) is 35.4 Å². The van der Waals surface area contributed by atoms with Gasteiger partial charge in [-0.3, -0.25) is 14.5 Å². The van der Waals surface area contributed by atoms with Crippen molar-refractivity contribution in [2.45, 2.75) is 20.3 Å². The maximum absolute atomic E-state index is 12.4. The predicted molar refractivity (Wildman–Crippen MR) is 90.1 cm³/mol. The highest BCUT2D eigenvalue weighted by molar-refractivity contribution is 6.02. The van der Waals surface area contributed by atoms with Crippen molar-refractivity contribution >= 4 is 17.5 Å². The lowest BCUT2D eigenvalue weighted by molar-refractivity contribution is -0.132. The number of hydrazone groups is 1. The second kappa shape index (κ2) is 8.43. The van der Waals surface area contributed by atoms with Gasteiger partial charge in [0.15, 0.2) is 0 Å². The molecular formula is C17H24N4O2. The van der Waals surface area contributed by atoms with E-state index in [0.717, 1.165) is 17.7 Å². The van der Waals surface area contributed by atoms with Gasteiger partial charge in [-0.15, -0.1) is 0 Å². The predicted octanol–water partition coefficient (Wildman–Crippen LogP) is 1.08. The summed E-state index contributed by atoms with van der Waals surface area (Å²) >= 11 is 0. The number of hydrogen-bond donors (Lipinski definition) is 1. The summed E-state index contributed by atoms with van der Waals surface area (Å²) in [6.07, 6.45) is 0.762. The Labute approximate surface area is 137 Å². The minimum atomic E-state index is -0.0675. The van der Waals surface area contributed by atoms with Crippen molar-refractivity contribution in [3.8, 4) is 0 Å². The topological polar surface area (TPSA) is 65.0 Å². The summed E-state index contributed by atoms with van der Waals surface area (Å²) in [7, 11) is 0. The average Bonchev–Trinajstić information content (AvgIpc) is 3.05. The summed E-state index contributed by atoms with van der Waals surface area (Å²) < 4.78 is 0. The highest BCUT2D eigenvalue weighted by Gasteiger charge is 2.23. The Balaban J connectivity index is 1.93. The van der Waals surface area contributed by atoms with Crippen LogP contribution in [0.4, 0.5) is 0 Å². The Kier molecular flexibility index (Phi) is 6.29. The molecule has 2 rings (SSSR count). The molecule has 0 fully saturated rings. The minimum Gasteiger partial charge on any atom is -0.355 e.